The highest BCUT2D eigenvalue weighted by atomic mass is 79.9. The minimum atomic E-state index is -0.527. The summed E-state index contributed by atoms with van der Waals surface area (Å²) in [6.45, 7) is 4.79. The van der Waals surface area contributed by atoms with E-state index < -0.39 is 5.66 Å². The second-order valence-corrected chi connectivity index (χ2v) is 7.84. The van der Waals surface area contributed by atoms with Crippen molar-refractivity contribution >= 4 is 33.6 Å². The minimum absolute atomic E-state index is 0.0676. The van der Waals surface area contributed by atoms with Crippen LogP contribution in [-0.2, 0) is 10.2 Å². The van der Waals surface area contributed by atoms with Gasteiger partial charge in [0, 0.05) is 15.6 Å². The highest BCUT2D eigenvalue weighted by molar-refractivity contribution is 9.10. The number of anilines is 1. The summed E-state index contributed by atoms with van der Waals surface area (Å²) in [7, 11) is 0. The number of hydrogen-bond donors (Lipinski definition) is 1. The Labute approximate surface area is 150 Å². The second-order valence-electron chi connectivity index (χ2n) is 6.93. The maximum Gasteiger partial charge on any atom is 0.241 e. The van der Waals surface area contributed by atoms with Crippen LogP contribution in [0.25, 0.3) is 6.08 Å². The maximum atomic E-state index is 12.2. The standard InChI is InChI=1S/C20H19BrN2O/c1-19(2)16-5-3-4-6-17(16)23-13-18(24)22-20(19,23)12-11-14-7-9-15(21)10-8-14/h3-12H,13H2,1-2H3,(H,22,24)/b12-11+/t20-/m0/s1. The number of para-hydroxylation sites is 1. The molecule has 1 saturated heterocycles. The first kappa shape index (κ1) is 15.5. The Kier molecular flexibility index (Phi) is 3.36. The smallest absolute Gasteiger partial charge is 0.241 e. The Balaban J connectivity index is 1.82. The first-order valence-electron chi connectivity index (χ1n) is 8.07. The van der Waals surface area contributed by atoms with Crippen LogP contribution in [-0.4, -0.2) is 18.1 Å². The molecule has 0 unspecified atom stereocenters. The van der Waals surface area contributed by atoms with Crippen molar-refractivity contribution in [2.24, 2.45) is 0 Å². The van der Waals surface area contributed by atoms with Crippen molar-refractivity contribution < 1.29 is 4.79 Å². The highest BCUT2D eigenvalue weighted by Crippen LogP contribution is 2.52. The van der Waals surface area contributed by atoms with Gasteiger partial charge in [-0.25, -0.2) is 0 Å². The van der Waals surface area contributed by atoms with E-state index in [9.17, 15) is 4.79 Å². The van der Waals surface area contributed by atoms with E-state index in [0.29, 0.717) is 6.54 Å². The summed E-state index contributed by atoms with van der Waals surface area (Å²) in [5.74, 6) is 0.0676. The zero-order chi connectivity index (χ0) is 16.9. The summed E-state index contributed by atoms with van der Waals surface area (Å²) in [6.07, 6.45) is 4.24. The number of benzene rings is 2. The summed E-state index contributed by atoms with van der Waals surface area (Å²) < 4.78 is 1.06. The van der Waals surface area contributed by atoms with Crippen LogP contribution in [0.3, 0.4) is 0 Å². The number of rotatable bonds is 2. The fourth-order valence-corrected chi connectivity index (χ4v) is 4.19. The third-order valence-corrected chi connectivity index (χ3v) is 5.79. The molecule has 0 radical (unpaired) electrons. The molecule has 2 aromatic carbocycles. The number of halogens is 1. The van der Waals surface area contributed by atoms with Crippen molar-refractivity contribution in [1.29, 1.82) is 0 Å². The van der Waals surface area contributed by atoms with E-state index in [1.165, 1.54) is 5.56 Å². The van der Waals surface area contributed by atoms with Crippen molar-refractivity contribution in [3.05, 3.63) is 70.2 Å². The van der Waals surface area contributed by atoms with Gasteiger partial charge in [0.25, 0.3) is 0 Å². The lowest BCUT2D eigenvalue weighted by Crippen LogP contribution is -2.58. The number of amides is 1. The lowest BCUT2D eigenvalue weighted by atomic mass is 9.75. The van der Waals surface area contributed by atoms with E-state index in [0.717, 1.165) is 15.7 Å². The average molecular weight is 383 g/mol. The minimum Gasteiger partial charge on any atom is -0.335 e. The third-order valence-electron chi connectivity index (χ3n) is 5.27. The number of carbonyl (C=O) groups excluding carboxylic acids is 1. The number of fused-ring (bicyclic) bond motifs is 3. The molecule has 122 valence electrons. The van der Waals surface area contributed by atoms with Gasteiger partial charge >= 0.3 is 0 Å². The number of nitrogens with zero attached hydrogens (tertiary/aromatic N) is 1. The van der Waals surface area contributed by atoms with Gasteiger partial charge in [-0.1, -0.05) is 66.2 Å². The summed E-state index contributed by atoms with van der Waals surface area (Å²) in [5, 5.41) is 3.24. The number of nitrogens with one attached hydrogen (secondary N) is 1. The maximum absolute atomic E-state index is 12.2. The molecule has 1 fully saturated rings. The molecule has 0 spiro atoms. The van der Waals surface area contributed by atoms with E-state index in [1.54, 1.807) is 0 Å². The van der Waals surface area contributed by atoms with Gasteiger partial charge in [0.05, 0.1) is 6.54 Å². The fraction of sp³-hybridized carbons (Fsp3) is 0.250. The van der Waals surface area contributed by atoms with Gasteiger partial charge in [-0.2, -0.15) is 0 Å². The van der Waals surface area contributed by atoms with Crippen molar-refractivity contribution in [3.8, 4) is 0 Å². The van der Waals surface area contributed by atoms with Crippen LogP contribution < -0.4 is 10.2 Å². The van der Waals surface area contributed by atoms with Crippen molar-refractivity contribution in [2.75, 3.05) is 11.4 Å². The topological polar surface area (TPSA) is 32.3 Å². The average Bonchev–Trinajstić information content (AvgIpc) is 2.99. The van der Waals surface area contributed by atoms with Gasteiger partial charge in [0.15, 0.2) is 0 Å². The Morgan fingerprint density at radius 2 is 1.83 bits per heavy atom. The van der Waals surface area contributed by atoms with Crippen LogP contribution in [0.2, 0.25) is 0 Å². The van der Waals surface area contributed by atoms with Crippen LogP contribution >= 0.6 is 15.9 Å². The molecule has 1 N–H and O–H groups in total. The zero-order valence-corrected chi connectivity index (χ0v) is 15.3. The second kappa shape index (κ2) is 5.21. The van der Waals surface area contributed by atoms with E-state index in [4.69, 9.17) is 0 Å². The highest BCUT2D eigenvalue weighted by Gasteiger charge is 2.59. The molecule has 4 heteroatoms. The van der Waals surface area contributed by atoms with Crippen LogP contribution in [0.4, 0.5) is 5.69 Å². The molecule has 2 aromatic rings. The lowest BCUT2D eigenvalue weighted by molar-refractivity contribution is -0.118. The number of carbonyl (C=O) groups is 1. The Bertz CT molecular complexity index is 841. The molecule has 0 bridgehead atoms. The Hall–Kier alpha value is -2.07. The van der Waals surface area contributed by atoms with E-state index >= 15 is 0 Å². The van der Waals surface area contributed by atoms with E-state index in [1.807, 2.05) is 18.2 Å². The molecular weight excluding hydrogens is 364 g/mol. The predicted octanol–water partition coefficient (Wildman–Crippen LogP) is 4.09. The van der Waals surface area contributed by atoms with Crippen LogP contribution in [0.15, 0.2) is 59.1 Å². The third kappa shape index (κ3) is 2.06. The molecule has 1 atom stereocenters. The molecule has 0 aromatic heterocycles. The molecule has 3 nitrogen and oxygen atoms in total. The first-order valence-corrected chi connectivity index (χ1v) is 8.86. The molecule has 24 heavy (non-hydrogen) atoms. The number of hydrogen-bond acceptors (Lipinski definition) is 2. The summed E-state index contributed by atoms with van der Waals surface area (Å²) in [4.78, 5) is 14.4. The van der Waals surface area contributed by atoms with Crippen molar-refractivity contribution in [3.63, 3.8) is 0 Å². The van der Waals surface area contributed by atoms with Gasteiger partial charge in [0.2, 0.25) is 5.91 Å². The SMILES string of the molecule is CC1(C)c2ccccc2N2CC(=O)N[C@@]21/C=C/c1ccc(Br)cc1. The molecule has 2 aliphatic rings. The van der Waals surface area contributed by atoms with Crippen molar-refractivity contribution in [1.82, 2.24) is 5.32 Å². The van der Waals surface area contributed by atoms with Crippen LogP contribution in [0.1, 0.15) is 25.0 Å². The van der Waals surface area contributed by atoms with Crippen LogP contribution in [0, 0.1) is 0 Å². The molecular formula is C20H19BrN2O. The zero-order valence-electron chi connectivity index (χ0n) is 13.7. The Morgan fingerprint density at radius 1 is 1.12 bits per heavy atom. The summed E-state index contributed by atoms with van der Waals surface area (Å²) in [5.41, 5.74) is 2.77. The van der Waals surface area contributed by atoms with Gasteiger partial charge < -0.3 is 10.2 Å². The monoisotopic (exact) mass is 382 g/mol. The summed E-state index contributed by atoms with van der Waals surface area (Å²) >= 11 is 3.46. The van der Waals surface area contributed by atoms with E-state index in [-0.39, 0.29) is 11.3 Å². The quantitative estimate of drug-likeness (QED) is 0.848. The first-order chi connectivity index (χ1) is 11.4. The molecule has 2 aliphatic heterocycles. The van der Waals surface area contributed by atoms with Gasteiger partial charge in [-0.05, 0) is 35.4 Å². The Morgan fingerprint density at radius 3 is 2.58 bits per heavy atom. The fourth-order valence-electron chi connectivity index (χ4n) is 3.93. The summed E-state index contributed by atoms with van der Waals surface area (Å²) in [6, 6.07) is 16.5. The van der Waals surface area contributed by atoms with Gasteiger partial charge in [-0.15, -0.1) is 0 Å². The normalized spacial score (nSPS) is 24.1. The predicted molar refractivity (Wildman–Crippen MR) is 101 cm³/mol. The molecule has 4 rings (SSSR count). The lowest BCUT2D eigenvalue weighted by Gasteiger charge is -2.40. The largest absolute Gasteiger partial charge is 0.335 e. The molecule has 2 heterocycles. The molecule has 0 saturated carbocycles. The molecule has 0 aliphatic carbocycles. The van der Waals surface area contributed by atoms with Crippen LogP contribution in [0.5, 0.6) is 0 Å². The molecule has 1 amide bonds. The van der Waals surface area contributed by atoms with E-state index in [2.05, 4.69) is 82.5 Å². The van der Waals surface area contributed by atoms with Gasteiger partial charge in [0.1, 0.15) is 5.66 Å². The van der Waals surface area contributed by atoms with Gasteiger partial charge in [-0.3, -0.25) is 4.79 Å². The van der Waals surface area contributed by atoms with Crippen molar-refractivity contribution in [2.45, 2.75) is 24.9 Å².